The van der Waals surface area contributed by atoms with Crippen LogP contribution in [0.25, 0.3) is 27.8 Å². The van der Waals surface area contributed by atoms with Crippen LogP contribution in [0.15, 0.2) is 28.9 Å². The van der Waals surface area contributed by atoms with Gasteiger partial charge in [-0.2, -0.15) is 9.61 Å². The standard InChI is InChI=1S/C21H23BrN4O/c1-12-10-13(2)18(17(22)11-12)19-15(4)24-26-20(19)23-14(3)16-6-7-25(21(16)26)8-9-27-5/h6-7,10-11H,8-9H2,1-5H3. The van der Waals surface area contributed by atoms with Crippen molar-refractivity contribution in [2.45, 2.75) is 34.2 Å². The van der Waals surface area contributed by atoms with Crippen LogP contribution in [-0.4, -0.2) is 32.9 Å². The van der Waals surface area contributed by atoms with Crippen LogP contribution in [0.4, 0.5) is 0 Å². The van der Waals surface area contributed by atoms with Crippen LogP contribution >= 0.6 is 15.9 Å². The predicted octanol–water partition coefficient (Wildman–Crippen LogP) is 4.99. The molecule has 140 valence electrons. The Kier molecular flexibility index (Phi) is 4.56. The van der Waals surface area contributed by atoms with Gasteiger partial charge >= 0.3 is 0 Å². The summed E-state index contributed by atoms with van der Waals surface area (Å²) >= 11 is 3.76. The number of hydrogen-bond donors (Lipinski definition) is 0. The summed E-state index contributed by atoms with van der Waals surface area (Å²) in [6, 6.07) is 6.46. The lowest BCUT2D eigenvalue weighted by atomic mass is 9.99. The molecular formula is C21H23BrN4O. The molecular weight excluding hydrogens is 404 g/mol. The number of hydrogen-bond acceptors (Lipinski definition) is 3. The van der Waals surface area contributed by atoms with Crippen molar-refractivity contribution in [2.24, 2.45) is 0 Å². The van der Waals surface area contributed by atoms with Crippen molar-refractivity contribution in [1.29, 1.82) is 0 Å². The highest BCUT2D eigenvalue weighted by Crippen LogP contribution is 2.37. The molecule has 0 aliphatic rings. The van der Waals surface area contributed by atoms with E-state index in [0.29, 0.717) is 6.61 Å². The molecule has 27 heavy (non-hydrogen) atoms. The molecule has 1 aromatic carbocycles. The third kappa shape index (κ3) is 2.87. The Morgan fingerprint density at radius 3 is 2.56 bits per heavy atom. The van der Waals surface area contributed by atoms with Gasteiger partial charge in [0.25, 0.3) is 0 Å². The van der Waals surface area contributed by atoms with E-state index in [-0.39, 0.29) is 0 Å². The zero-order chi connectivity index (χ0) is 19.3. The molecule has 3 aromatic heterocycles. The van der Waals surface area contributed by atoms with Crippen LogP contribution in [0.5, 0.6) is 0 Å². The number of halogens is 1. The highest BCUT2D eigenvalue weighted by molar-refractivity contribution is 9.10. The highest BCUT2D eigenvalue weighted by atomic mass is 79.9. The summed E-state index contributed by atoms with van der Waals surface area (Å²) in [5.41, 5.74) is 8.63. The SMILES string of the molecule is COCCn1ccc2c(C)nc3c(-c4c(C)cc(C)cc4Br)c(C)nn3c21. The van der Waals surface area contributed by atoms with Crippen molar-refractivity contribution in [3.8, 4) is 11.1 Å². The van der Waals surface area contributed by atoms with Crippen LogP contribution in [0.1, 0.15) is 22.5 Å². The van der Waals surface area contributed by atoms with Crippen LogP contribution < -0.4 is 0 Å². The minimum atomic E-state index is 0.655. The second-order valence-corrected chi connectivity index (χ2v) is 7.93. The van der Waals surface area contributed by atoms with Gasteiger partial charge in [0, 0.05) is 35.3 Å². The molecule has 0 fully saturated rings. The van der Waals surface area contributed by atoms with Crippen LogP contribution in [0.3, 0.4) is 0 Å². The summed E-state index contributed by atoms with van der Waals surface area (Å²) in [6.45, 7) is 9.80. The minimum absolute atomic E-state index is 0.655. The first kappa shape index (κ1) is 18.2. The number of aromatic nitrogens is 4. The van der Waals surface area contributed by atoms with Crippen molar-refractivity contribution in [1.82, 2.24) is 19.2 Å². The van der Waals surface area contributed by atoms with Gasteiger partial charge < -0.3 is 9.30 Å². The number of fused-ring (bicyclic) bond motifs is 3. The molecule has 0 saturated carbocycles. The zero-order valence-corrected chi connectivity index (χ0v) is 17.9. The van der Waals surface area contributed by atoms with E-state index in [1.54, 1.807) is 7.11 Å². The lowest BCUT2D eigenvalue weighted by molar-refractivity contribution is 0.188. The number of benzene rings is 1. The molecule has 0 atom stereocenters. The molecule has 3 heterocycles. The van der Waals surface area contributed by atoms with E-state index in [9.17, 15) is 0 Å². The number of nitrogens with zero attached hydrogens (tertiary/aromatic N) is 4. The average molecular weight is 427 g/mol. The first-order valence-corrected chi connectivity index (χ1v) is 9.82. The van der Waals surface area contributed by atoms with Gasteiger partial charge in [-0.3, -0.25) is 0 Å². The molecule has 0 aliphatic carbocycles. The Bertz CT molecular complexity index is 1150. The number of aryl methyl sites for hydroxylation is 4. The molecule has 0 spiro atoms. The molecule has 0 N–H and O–H groups in total. The van der Waals surface area contributed by atoms with Crippen LogP contribution in [-0.2, 0) is 11.3 Å². The fourth-order valence-electron chi connectivity index (χ4n) is 3.86. The molecule has 4 rings (SSSR count). The second kappa shape index (κ2) is 6.77. The van der Waals surface area contributed by atoms with Crippen molar-refractivity contribution in [3.63, 3.8) is 0 Å². The van der Waals surface area contributed by atoms with Crippen LogP contribution in [0.2, 0.25) is 0 Å². The minimum Gasteiger partial charge on any atom is -0.383 e. The maximum Gasteiger partial charge on any atom is 0.165 e. The number of rotatable bonds is 4. The normalized spacial score (nSPS) is 11.8. The maximum absolute atomic E-state index is 5.27. The maximum atomic E-state index is 5.27. The lowest BCUT2D eigenvalue weighted by Crippen LogP contribution is -2.07. The monoisotopic (exact) mass is 426 g/mol. The van der Waals surface area contributed by atoms with Crippen molar-refractivity contribution in [3.05, 3.63) is 51.4 Å². The Balaban J connectivity index is 2.07. The van der Waals surface area contributed by atoms with Crippen molar-refractivity contribution in [2.75, 3.05) is 13.7 Å². The number of ether oxygens (including phenoxy) is 1. The number of methoxy groups -OCH3 is 1. The topological polar surface area (TPSA) is 44.3 Å². The van der Waals surface area contributed by atoms with Crippen LogP contribution in [0, 0.1) is 27.7 Å². The van der Waals surface area contributed by atoms with Gasteiger partial charge in [-0.25, -0.2) is 4.98 Å². The Labute approximate surface area is 167 Å². The molecule has 0 amide bonds. The van der Waals surface area contributed by atoms with E-state index in [1.807, 2.05) is 4.52 Å². The Morgan fingerprint density at radius 2 is 1.85 bits per heavy atom. The first-order valence-electron chi connectivity index (χ1n) is 9.03. The second-order valence-electron chi connectivity index (χ2n) is 7.07. The zero-order valence-electron chi connectivity index (χ0n) is 16.3. The quantitative estimate of drug-likeness (QED) is 0.461. The summed E-state index contributed by atoms with van der Waals surface area (Å²) in [6.07, 6.45) is 2.08. The molecule has 6 heteroatoms. The fraction of sp³-hybridized carbons (Fsp3) is 0.333. The Morgan fingerprint density at radius 1 is 1.07 bits per heavy atom. The molecule has 0 radical (unpaired) electrons. The Hall–Kier alpha value is -2.18. The van der Waals surface area contributed by atoms with E-state index in [2.05, 4.69) is 72.6 Å². The van der Waals surface area contributed by atoms with Gasteiger partial charge in [0.15, 0.2) is 5.65 Å². The van der Waals surface area contributed by atoms with E-state index >= 15 is 0 Å². The third-order valence-corrected chi connectivity index (χ3v) is 5.68. The average Bonchev–Trinajstić information content (AvgIpc) is 3.15. The first-order chi connectivity index (χ1) is 12.9. The molecule has 5 nitrogen and oxygen atoms in total. The summed E-state index contributed by atoms with van der Waals surface area (Å²) in [7, 11) is 1.72. The lowest BCUT2D eigenvalue weighted by Gasteiger charge is -2.11. The molecule has 0 bridgehead atoms. The molecule has 0 saturated heterocycles. The van der Waals surface area contributed by atoms with E-state index in [0.717, 1.165) is 50.2 Å². The van der Waals surface area contributed by atoms with Crippen molar-refractivity contribution < 1.29 is 4.74 Å². The van der Waals surface area contributed by atoms with Gasteiger partial charge in [0.05, 0.1) is 23.6 Å². The third-order valence-electron chi connectivity index (χ3n) is 5.05. The summed E-state index contributed by atoms with van der Waals surface area (Å²) < 4.78 is 10.5. The van der Waals surface area contributed by atoms with E-state index < -0.39 is 0 Å². The summed E-state index contributed by atoms with van der Waals surface area (Å²) in [5.74, 6) is 0. The summed E-state index contributed by atoms with van der Waals surface area (Å²) in [5, 5.41) is 5.99. The largest absolute Gasteiger partial charge is 0.383 e. The predicted molar refractivity (Wildman–Crippen MR) is 112 cm³/mol. The molecule has 0 unspecified atom stereocenters. The van der Waals surface area contributed by atoms with Gasteiger partial charge in [0.2, 0.25) is 0 Å². The van der Waals surface area contributed by atoms with Gasteiger partial charge in [-0.15, -0.1) is 0 Å². The molecule has 0 aliphatic heterocycles. The smallest absolute Gasteiger partial charge is 0.165 e. The highest BCUT2D eigenvalue weighted by Gasteiger charge is 2.21. The molecule has 4 aromatic rings. The van der Waals surface area contributed by atoms with Gasteiger partial charge in [-0.1, -0.05) is 22.0 Å². The van der Waals surface area contributed by atoms with Gasteiger partial charge in [0.1, 0.15) is 5.65 Å². The summed E-state index contributed by atoms with van der Waals surface area (Å²) in [4.78, 5) is 4.93. The van der Waals surface area contributed by atoms with Gasteiger partial charge in [-0.05, 0) is 51.0 Å². The van der Waals surface area contributed by atoms with E-state index in [1.165, 1.54) is 11.1 Å². The fourth-order valence-corrected chi connectivity index (χ4v) is 4.73. The van der Waals surface area contributed by atoms with Crippen molar-refractivity contribution >= 4 is 32.6 Å². The van der Waals surface area contributed by atoms with E-state index in [4.69, 9.17) is 14.8 Å².